The van der Waals surface area contributed by atoms with Gasteiger partial charge in [0.15, 0.2) is 5.96 Å². The molecule has 2 saturated carbocycles. The van der Waals surface area contributed by atoms with Crippen LogP contribution in [0.3, 0.4) is 0 Å². The van der Waals surface area contributed by atoms with Gasteiger partial charge >= 0.3 is 0 Å². The van der Waals surface area contributed by atoms with E-state index in [2.05, 4.69) is 39.9 Å². The number of rotatable bonds is 7. The van der Waals surface area contributed by atoms with Crippen molar-refractivity contribution < 1.29 is 9.53 Å². The van der Waals surface area contributed by atoms with Crippen LogP contribution in [-0.4, -0.2) is 68.5 Å². The Bertz CT molecular complexity index is 742. The average molecular weight is 545 g/mol. The van der Waals surface area contributed by atoms with Crippen molar-refractivity contribution in [3.8, 4) is 0 Å². The van der Waals surface area contributed by atoms with Gasteiger partial charge in [0.05, 0.1) is 6.10 Å². The number of nitrogens with one attached hydrogen (secondary N) is 2. The second-order valence-corrected chi connectivity index (χ2v) is 9.66. The van der Waals surface area contributed by atoms with Crippen LogP contribution in [0.2, 0.25) is 0 Å². The molecule has 0 radical (unpaired) electrons. The zero-order chi connectivity index (χ0) is 20.3. The molecule has 1 aromatic carbocycles. The van der Waals surface area contributed by atoms with Gasteiger partial charge in [-0.05, 0) is 31.4 Å². The molecular weight excluding hydrogens is 511 g/mol. The van der Waals surface area contributed by atoms with Crippen LogP contribution in [0.15, 0.2) is 40.2 Å². The molecule has 3 atom stereocenters. The van der Waals surface area contributed by atoms with Gasteiger partial charge in [-0.3, -0.25) is 4.79 Å². The molecule has 3 aliphatic rings. The lowest BCUT2D eigenvalue weighted by Crippen LogP contribution is -2.72. The minimum absolute atomic E-state index is 0. The summed E-state index contributed by atoms with van der Waals surface area (Å²) in [7, 11) is 3.54. The number of ether oxygens (including phenoxy) is 1. The van der Waals surface area contributed by atoms with Crippen molar-refractivity contribution >= 4 is 47.6 Å². The molecule has 3 unspecified atom stereocenters. The Balaban J connectivity index is 0.00000256. The Morgan fingerprint density at radius 2 is 2.07 bits per heavy atom. The summed E-state index contributed by atoms with van der Waals surface area (Å²) in [6.45, 7) is 1.84. The average Bonchev–Trinajstić information content (AvgIpc) is 3.10. The number of guanidine groups is 1. The summed E-state index contributed by atoms with van der Waals surface area (Å²) in [5.74, 6) is 2.29. The van der Waals surface area contributed by atoms with Crippen molar-refractivity contribution in [3.63, 3.8) is 0 Å². The summed E-state index contributed by atoms with van der Waals surface area (Å²) in [5, 5.41) is 7.15. The third-order valence-corrected chi connectivity index (χ3v) is 7.62. The van der Waals surface area contributed by atoms with E-state index >= 15 is 0 Å². The molecule has 166 valence electrons. The first-order valence-corrected chi connectivity index (χ1v) is 11.6. The zero-order valence-electron chi connectivity index (χ0n) is 17.8. The third kappa shape index (κ3) is 4.91. The Morgan fingerprint density at radius 1 is 1.30 bits per heavy atom. The monoisotopic (exact) mass is 544 g/mol. The quantitative estimate of drug-likeness (QED) is 0.182. The molecule has 1 aromatic rings. The van der Waals surface area contributed by atoms with Crippen LogP contribution in [0, 0.1) is 11.3 Å². The Morgan fingerprint density at radius 3 is 2.73 bits per heavy atom. The lowest BCUT2D eigenvalue weighted by Gasteiger charge is -2.63. The predicted octanol–water partition coefficient (Wildman–Crippen LogP) is 2.98. The number of hydrogen-bond donors (Lipinski definition) is 2. The summed E-state index contributed by atoms with van der Waals surface area (Å²) >= 11 is 1.82. The highest BCUT2D eigenvalue weighted by atomic mass is 127. The lowest BCUT2D eigenvalue weighted by molar-refractivity contribution is -0.171. The first kappa shape index (κ1) is 23.7. The summed E-state index contributed by atoms with van der Waals surface area (Å²) in [6.07, 6.45) is 5.31. The maximum atomic E-state index is 12.0. The number of amides is 1. The summed E-state index contributed by atoms with van der Waals surface area (Å²) < 4.78 is 6.03. The SMILES string of the molecule is CN(C)C(=O)CN=C(NCCSc1ccccc1)NC1C2CCOC2C12CCC2.I. The number of benzene rings is 1. The first-order valence-electron chi connectivity index (χ1n) is 10.6. The molecular formula is C22H33IN4O2S. The number of hydrogen-bond acceptors (Lipinski definition) is 4. The maximum absolute atomic E-state index is 12.0. The van der Waals surface area contributed by atoms with Crippen LogP contribution < -0.4 is 10.6 Å². The fourth-order valence-corrected chi connectivity index (χ4v) is 5.69. The van der Waals surface area contributed by atoms with Gasteiger partial charge < -0.3 is 20.3 Å². The lowest BCUT2D eigenvalue weighted by atomic mass is 9.46. The Labute approximate surface area is 201 Å². The fraction of sp³-hybridized carbons (Fsp3) is 0.636. The molecule has 1 aliphatic heterocycles. The van der Waals surface area contributed by atoms with E-state index in [-0.39, 0.29) is 41.8 Å². The van der Waals surface area contributed by atoms with Crippen molar-refractivity contribution in [3.05, 3.63) is 30.3 Å². The topological polar surface area (TPSA) is 66.0 Å². The minimum atomic E-state index is 0. The van der Waals surface area contributed by atoms with Gasteiger partial charge in [0.25, 0.3) is 0 Å². The molecule has 2 aliphatic carbocycles. The molecule has 0 bridgehead atoms. The standard InChI is InChI=1S/C22H32N4O2S.HI/c1-26(2)18(27)15-24-21(23-12-14-29-16-7-4-3-5-8-16)25-19-17-9-13-28-20(17)22(19)10-6-11-22;/h3-5,7-8,17,19-20H,6,9-15H2,1-2H3,(H2,23,24,25);1H. The minimum Gasteiger partial charge on any atom is -0.377 e. The van der Waals surface area contributed by atoms with Crippen LogP contribution in [0.1, 0.15) is 25.7 Å². The van der Waals surface area contributed by atoms with E-state index < -0.39 is 0 Å². The van der Waals surface area contributed by atoms with E-state index in [9.17, 15) is 4.79 Å². The van der Waals surface area contributed by atoms with Crippen molar-refractivity contribution in [2.24, 2.45) is 16.3 Å². The molecule has 30 heavy (non-hydrogen) atoms. The van der Waals surface area contributed by atoms with Gasteiger partial charge in [0.1, 0.15) is 6.54 Å². The summed E-state index contributed by atoms with van der Waals surface area (Å²) in [6, 6.07) is 10.8. The predicted molar refractivity (Wildman–Crippen MR) is 133 cm³/mol. The van der Waals surface area contributed by atoms with Crippen molar-refractivity contribution in [1.29, 1.82) is 0 Å². The van der Waals surface area contributed by atoms with Crippen LogP contribution in [0.5, 0.6) is 0 Å². The molecule has 8 heteroatoms. The number of nitrogens with zero attached hydrogens (tertiary/aromatic N) is 2. The molecule has 4 rings (SSSR count). The van der Waals surface area contributed by atoms with Gasteiger partial charge in [0, 0.05) is 55.3 Å². The van der Waals surface area contributed by atoms with E-state index in [1.165, 1.54) is 24.2 Å². The van der Waals surface area contributed by atoms with E-state index in [0.29, 0.717) is 18.1 Å². The molecule has 1 saturated heterocycles. The maximum Gasteiger partial charge on any atom is 0.243 e. The Hall–Kier alpha value is -1.000. The number of carbonyl (C=O) groups is 1. The Kier molecular flexibility index (Phi) is 8.31. The highest BCUT2D eigenvalue weighted by Crippen LogP contribution is 2.62. The van der Waals surface area contributed by atoms with Crippen LogP contribution in [0.25, 0.3) is 0 Å². The number of halogens is 1. The van der Waals surface area contributed by atoms with Gasteiger partial charge in [-0.25, -0.2) is 4.99 Å². The molecule has 6 nitrogen and oxygen atoms in total. The summed E-state index contributed by atoms with van der Waals surface area (Å²) in [4.78, 5) is 19.5. The third-order valence-electron chi connectivity index (χ3n) is 6.61. The van der Waals surface area contributed by atoms with Crippen LogP contribution in [-0.2, 0) is 9.53 Å². The highest BCUT2D eigenvalue weighted by molar-refractivity contribution is 14.0. The van der Waals surface area contributed by atoms with Crippen molar-refractivity contribution in [2.75, 3.05) is 39.5 Å². The number of fused-ring (bicyclic) bond motifs is 2. The zero-order valence-corrected chi connectivity index (χ0v) is 20.9. The second-order valence-electron chi connectivity index (χ2n) is 8.49. The van der Waals surface area contributed by atoms with Crippen molar-refractivity contribution in [1.82, 2.24) is 15.5 Å². The second kappa shape index (κ2) is 10.5. The van der Waals surface area contributed by atoms with E-state index in [4.69, 9.17) is 4.74 Å². The molecule has 1 spiro atoms. The van der Waals surface area contributed by atoms with E-state index in [0.717, 1.165) is 31.3 Å². The van der Waals surface area contributed by atoms with Crippen LogP contribution in [0.4, 0.5) is 0 Å². The molecule has 0 aromatic heterocycles. The normalized spacial score (nSPS) is 26.1. The fourth-order valence-electron chi connectivity index (χ4n) is 4.90. The number of thioether (sulfide) groups is 1. The van der Waals surface area contributed by atoms with Gasteiger partial charge in [0.2, 0.25) is 5.91 Å². The molecule has 3 fully saturated rings. The van der Waals surface area contributed by atoms with Gasteiger partial charge in [-0.2, -0.15) is 0 Å². The summed E-state index contributed by atoms with van der Waals surface area (Å²) in [5.41, 5.74) is 0.286. The molecule has 2 N–H and O–H groups in total. The smallest absolute Gasteiger partial charge is 0.243 e. The van der Waals surface area contributed by atoms with Crippen LogP contribution >= 0.6 is 35.7 Å². The van der Waals surface area contributed by atoms with Gasteiger partial charge in [-0.15, -0.1) is 35.7 Å². The van der Waals surface area contributed by atoms with E-state index in [1.54, 1.807) is 19.0 Å². The molecule has 1 heterocycles. The first-order chi connectivity index (χ1) is 14.1. The largest absolute Gasteiger partial charge is 0.377 e. The number of likely N-dealkylation sites (N-methyl/N-ethyl adjacent to an activating group) is 1. The van der Waals surface area contributed by atoms with E-state index in [1.807, 2.05) is 17.8 Å². The highest BCUT2D eigenvalue weighted by Gasteiger charge is 2.66. The number of carbonyl (C=O) groups excluding carboxylic acids is 1. The van der Waals surface area contributed by atoms with Gasteiger partial charge in [-0.1, -0.05) is 24.6 Å². The molecule has 1 amide bonds. The van der Waals surface area contributed by atoms with Crippen molar-refractivity contribution in [2.45, 2.75) is 42.7 Å². The number of aliphatic imine (C=N–C) groups is 1.